The van der Waals surface area contributed by atoms with Crippen LogP contribution in [0.5, 0.6) is 0 Å². The van der Waals surface area contributed by atoms with Crippen molar-refractivity contribution in [3.05, 3.63) is 22.9 Å². The van der Waals surface area contributed by atoms with E-state index in [2.05, 4.69) is 5.32 Å². The predicted molar refractivity (Wildman–Crippen MR) is 71.8 cm³/mol. The molecule has 1 fully saturated rings. The van der Waals surface area contributed by atoms with E-state index in [1.807, 2.05) is 38.7 Å². The molecule has 1 rings (SSSR count). The number of rotatable bonds is 2. The summed E-state index contributed by atoms with van der Waals surface area (Å²) in [7, 11) is 0. The van der Waals surface area contributed by atoms with Crippen molar-refractivity contribution in [2.45, 2.75) is 47.0 Å². The molecule has 3 heteroatoms. The fourth-order valence-electron chi connectivity index (χ4n) is 2.05. The predicted octanol–water partition coefficient (Wildman–Crippen LogP) is 3.44. The summed E-state index contributed by atoms with van der Waals surface area (Å²) in [6.07, 6.45) is 5.52. The molecular weight excluding hydrogens is 212 g/mol. The Bertz CT molecular complexity index is 332. The quantitative estimate of drug-likeness (QED) is 0.732. The van der Waals surface area contributed by atoms with Crippen molar-refractivity contribution in [2.24, 2.45) is 0 Å². The fraction of sp³-hybridized carbons (Fsp3) is 0.643. The maximum Gasteiger partial charge on any atom is 0.321 e. The van der Waals surface area contributed by atoms with Crippen LogP contribution in [0.2, 0.25) is 0 Å². The minimum Gasteiger partial charge on any atom is -0.325 e. The number of urea groups is 1. The van der Waals surface area contributed by atoms with E-state index in [1.54, 1.807) is 0 Å². The first-order valence-electron chi connectivity index (χ1n) is 6.43. The number of likely N-dealkylation sites (tertiary alicyclic amines) is 1. The van der Waals surface area contributed by atoms with E-state index in [4.69, 9.17) is 0 Å². The van der Waals surface area contributed by atoms with Crippen molar-refractivity contribution in [1.29, 1.82) is 0 Å². The molecule has 96 valence electrons. The molecule has 2 amide bonds. The van der Waals surface area contributed by atoms with Crippen LogP contribution in [0.15, 0.2) is 22.9 Å². The number of allylic oxidation sites excluding steroid dienone is 3. The second-order valence-electron chi connectivity index (χ2n) is 4.82. The molecule has 0 bridgehead atoms. The second kappa shape index (κ2) is 6.48. The van der Waals surface area contributed by atoms with E-state index in [9.17, 15) is 4.79 Å². The van der Waals surface area contributed by atoms with Gasteiger partial charge in [0, 0.05) is 18.8 Å². The van der Waals surface area contributed by atoms with Gasteiger partial charge >= 0.3 is 6.03 Å². The second-order valence-corrected chi connectivity index (χ2v) is 4.82. The lowest BCUT2D eigenvalue weighted by Crippen LogP contribution is -2.42. The number of nitrogens with one attached hydrogen (secondary N) is 1. The van der Waals surface area contributed by atoms with Crippen molar-refractivity contribution < 1.29 is 4.79 Å². The van der Waals surface area contributed by atoms with E-state index in [-0.39, 0.29) is 6.03 Å². The molecule has 0 spiro atoms. The van der Waals surface area contributed by atoms with Gasteiger partial charge in [-0.15, -0.1) is 0 Å². The van der Waals surface area contributed by atoms with E-state index >= 15 is 0 Å². The van der Waals surface area contributed by atoms with Crippen molar-refractivity contribution in [2.75, 3.05) is 13.1 Å². The molecule has 1 aliphatic rings. The summed E-state index contributed by atoms with van der Waals surface area (Å²) in [4.78, 5) is 14.0. The third-order valence-electron chi connectivity index (χ3n) is 3.20. The lowest BCUT2D eigenvalue weighted by atomic mass is 10.1. The number of hydrogen-bond acceptors (Lipinski definition) is 1. The number of piperidine rings is 1. The molecule has 0 aromatic rings. The molecule has 0 radical (unpaired) electrons. The van der Waals surface area contributed by atoms with Crippen molar-refractivity contribution in [1.82, 2.24) is 10.2 Å². The average Bonchev–Trinajstić information content (AvgIpc) is 2.35. The summed E-state index contributed by atoms with van der Waals surface area (Å²) < 4.78 is 0. The van der Waals surface area contributed by atoms with Crippen LogP contribution >= 0.6 is 0 Å². The van der Waals surface area contributed by atoms with Gasteiger partial charge in [-0.05, 0) is 52.5 Å². The van der Waals surface area contributed by atoms with Gasteiger partial charge in [0.25, 0.3) is 0 Å². The van der Waals surface area contributed by atoms with Crippen molar-refractivity contribution in [3.63, 3.8) is 0 Å². The number of nitrogens with zero attached hydrogens (tertiary/aromatic N) is 1. The zero-order valence-electron chi connectivity index (χ0n) is 11.5. The maximum absolute atomic E-state index is 12.1. The maximum atomic E-state index is 12.1. The topological polar surface area (TPSA) is 32.3 Å². The number of carbonyl (C=O) groups is 1. The Balaban J connectivity index is 2.68. The summed E-state index contributed by atoms with van der Waals surface area (Å²) >= 11 is 0. The molecule has 1 heterocycles. The van der Waals surface area contributed by atoms with Gasteiger partial charge in [-0.1, -0.05) is 11.6 Å². The first kappa shape index (κ1) is 13.8. The minimum atomic E-state index is 0.0436. The highest BCUT2D eigenvalue weighted by molar-refractivity contribution is 5.77. The minimum absolute atomic E-state index is 0.0436. The fourth-order valence-corrected chi connectivity index (χ4v) is 2.05. The van der Waals surface area contributed by atoms with E-state index in [1.165, 1.54) is 6.42 Å². The Morgan fingerprint density at radius 2 is 1.71 bits per heavy atom. The molecule has 3 nitrogen and oxygen atoms in total. The van der Waals surface area contributed by atoms with Gasteiger partial charge in [0.05, 0.1) is 0 Å². The zero-order valence-corrected chi connectivity index (χ0v) is 11.5. The molecule has 0 atom stereocenters. The van der Waals surface area contributed by atoms with Gasteiger partial charge in [-0.25, -0.2) is 4.79 Å². The highest BCUT2D eigenvalue weighted by atomic mass is 16.2. The van der Waals surface area contributed by atoms with Crippen LogP contribution in [-0.4, -0.2) is 24.0 Å². The van der Waals surface area contributed by atoms with Gasteiger partial charge in [-0.3, -0.25) is 0 Å². The van der Waals surface area contributed by atoms with Gasteiger partial charge in [0.15, 0.2) is 0 Å². The molecule has 0 aromatic heterocycles. The zero-order chi connectivity index (χ0) is 12.8. The molecule has 0 unspecified atom stereocenters. The monoisotopic (exact) mass is 236 g/mol. The largest absolute Gasteiger partial charge is 0.325 e. The number of hydrogen-bond donors (Lipinski definition) is 1. The lowest BCUT2D eigenvalue weighted by Gasteiger charge is -2.27. The molecular formula is C14H24N2O. The summed E-state index contributed by atoms with van der Waals surface area (Å²) in [5.74, 6) is 0. The Labute approximate surface area is 105 Å². The molecule has 0 saturated carbocycles. The summed E-state index contributed by atoms with van der Waals surface area (Å²) in [5, 5.41) is 3.04. The van der Waals surface area contributed by atoms with Crippen LogP contribution in [0.25, 0.3) is 0 Å². The van der Waals surface area contributed by atoms with Crippen LogP contribution in [0, 0.1) is 0 Å². The Morgan fingerprint density at radius 1 is 1.12 bits per heavy atom. The molecule has 1 aliphatic heterocycles. The van der Waals surface area contributed by atoms with Crippen molar-refractivity contribution in [3.8, 4) is 0 Å². The smallest absolute Gasteiger partial charge is 0.321 e. The van der Waals surface area contributed by atoms with Crippen LogP contribution < -0.4 is 5.32 Å². The highest BCUT2D eigenvalue weighted by Gasteiger charge is 2.17. The SMILES string of the molecule is C/C=C(/C)C(NC(=O)N1CCCCC1)=C(C)C. The van der Waals surface area contributed by atoms with Gasteiger partial charge in [0.2, 0.25) is 0 Å². The standard InChI is InChI=1S/C14H24N2O/c1-5-12(4)13(11(2)3)15-14(17)16-9-7-6-8-10-16/h5H,6-10H2,1-4H3,(H,15,17)/b12-5-. The van der Waals surface area contributed by atoms with Gasteiger partial charge < -0.3 is 10.2 Å². The highest BCUT2D eigenvalue weighted by Crippen LogP contribution is 2.13. The van der Waals surface area contributed by atoms with Crippen LogP contribution in [0.3, 0.4) is 0 Å². The normalized spacial score (nSPS) is 16.7. The molecule has 1 saturated heterocycles. The molecule has 1 N–H and O–H groups in total. The van der Waals surface area contributed by atoms with Crippen molar-refractivity contribution >= 4 is 6.03 Å². The summed E-state index contributed by atoms with van der Waals surface area (Å²) in [6.45, 7) is 9.84. The van der Waals surface area contributed by atoms with E-state index < -0.39 is 0 Å². The number of amides is 2. The van der Waals surface area contributed by atoms with Gasteiger partial charge in [0.1, 0.15) is 0 Å². The average molecular weight is 236 g/mol. The number of carbonyl (C=O) groups excluding carboxylic acids is 1. The molecule has 0 aliphatic carbocycles. The first-order chi connectivity index (χ1) is 8.06. The van der Waals surface area contributed by atoms with Crippen LogP contribution in [-0.2, 0) is 0 Å². The van der Waals surface area contributed by atoms with E-state index in [0.29, 0.717) is 0 Å². The van der Waals surface area contributed by atoms with Gasteiger partial charge in [-0.2, -0.15) is 0 Å². The lowest BCUT2D eigenvalue weighted by molar-refractivity contribution is 0.189. The molecule has 0 aromatic carbocycles. The first-order valence-corrected chi connectivity index (χ1v) is 6.43. The summed E-state index contributed by atoms with van der Waals surface area (Å²) in [6, 6.07) is 0.0436. The Kier molecular flexibility index (Phi) is 5.26. The van der Waals surface area contributed by atoms with Crippen LogP contribution in [0.1, 0.15) is 47.0 Å². The third kappa shape index (κ3) is 3.91. The third-order valence-corrected chi connectivity index (χ3v) is 3.20. The van der Waals surface area contributed by atoms with Crippen LogP contribution in [0.4, 0.5) is 4.79 Å². The Morgan fingerprint density at radius 3 is 2.18 bits per heavy atom. The molecule has 17 heavy (non-hydrogen) atoms. The Hall–Kier alpha value is -1.25. The summed E-state index contributed by atoms with van der Waals surface area (Å²) in [5.41, 5.74) is 3.23. The van der Waals surface area contributed by atoms with E-state index in [0.717, 1.165) is 42.8 Å².